The van der Waals surface area contributed by atoms with Crippen LogP contribution in [0.3, 0.4) is 0 Å². The summed E-state index contributed by atoms with van der Waals surface area (Å²) in [7, 11) is 0. The predicted molar refractivity (Wildman–Crippen MR) is 246 cm³/mol. The monoisotopic (exact) mass is 763 g/mol. The van der Waals surface area contributed by atoms with Gasteiger partial charge in [-0.15, -0.1) is 0 Å². The number of aromatic nitrogens is 2. The molecule has 0 spiro atoms. The number of para-hydroxylation sites is 3. The second-order valence-corrected chi connectivity index (χ2v) is 15.9. The number of benzene rings is 9. The summed E-state index contributed by atoms with van der Waals surface area (Å²) < 4.78 is 11.4. The Morgan fingerprint density at radius 3 is 2.08 bits per heavy atom. The largest absolute Gasteiger partial charge is 0.455 e. The van der Waals surface area contributed by atoms with Gasteiger partial charge in [-0.1, -0.05) is 127 Å². The Hall–Kier alpha value is -8.13. The van der Waals surface area contributed by atoms with E-state index >= 15 is 0 Å². The van der Waals surface area contributed by atoms with Gasteiger partial charge in [0.05, 0.1) is 38.7 Å². The molecule has 0 unspecified atom stereocenters. The first-order chi connectivity index (χ1) is 29.7. The molecule has 0 saturated heterocycles. The molecule has 0 bridgehead atoms. The molecule has 0 amide bonds. The van der Waals surface area contributed by atoms with Crippen LogP contribution in [0.2, 0.25) is 0 Å². The van der Waals surface area contributed by atoms with E-state index in [0.717, 1.165) is 89.3 Å². The quantitative estimate of drug-likeness (QED) is 0.179. The number of hydrogen-bond donors (Lipinski definition) is 0. The number of nitriles is 1. The zero-order valence-electron chi connectivity index (χ0n) is 32.4. The van der Waals surface area contributed by atoms with Crippen LogP contribution in [0.5, 0.6) is 0 Å². The molecule has 13 rings (SSSR count). The fourth-order valence-corrected chi connectivity index (χ4v) is 10.2. The topological polar surface area (TPSA) is 46.8 Å². The number of fused-ring (bicyclic) bond motifs is 14. The zero-order chi connectivity index (χ0) is 39.5. The van der Waals surface area contributed by atoms with E-state index in [0.29, 0.717) is 5.56 Å². The van der Waals surface area contributed by atoms with Gasteiger partial charge in [0.15, 0.2) is 0 Å². The summed E-state index contributed by atoms with van der Waals surface area (Å²) in [5, 5.41) is 17.7. The summed E-state index contributed by atoms with van der Waals surface area (Å²) in [5.41, 5.74) is 18.3. The summed E-state index contributed by atoms with van der Waals surface area (Å²) in [4.78, 5) is 0. The van der Waals surface area contributed by atoms with Crippen molar-refractivity contribution in [3.8, 4) is 50.8 Å². The Balaban J connectivity index is 1.06. The van der Waals surface area contributed by atoms with E-state index in [1.807, 2.05) is 18.2 Å². The van der Waals surface area contributed by atoms with E-state index in [9.17, 15) is 5.26 Å². The first-order valence-corrected chi connectivity index (χ1v) is 20.4. The number of hydrogen-bond acceptors (Lipinski definition) is 2. The molecule has 4 nitrogen and oxygen atoms in total. The molecule has 278 valence electrons. The van der Waals surface area contributed by atoms with Crippen LogP contribution in [0.15, 0.2) is 192 Å². The lowest BCUT2D eigenvalue weighted by molar-refractivity contribution is 0.673. The first kappa shape index (κ1) is 32.9. The lowest BCUT2D eigenvalue weighted by Gasteiger charge is -2.17. The molecule has 1 aliphatic carbocycles. The average molecular weight is 764 g/mol. The van der Waals surface area contributed by atoms with E-state index in [1.54, 1.807) is 0 Å². The van der Waals surface area contributed by atoms with Crippen molar-refractivity contribution < 1.29 is 4.42 Å². The maximum absolute atomic E-state index is 10.8. The van der Waals surface area contributed by atoms with Gasteiger partial charge in [0.1, 0.15) is 17.2 Å². The van der Waals surface area contributed by atoms with E-state index in [1.165, 1.54) is 38.6 Å². The van der Waals surface area contributed by atoms with Crippen LogP contribution in [0.25, 0.3) is 110 Å². The molecular weight excluding hydrogens is 731 g/mol. The van der Waals surface area contributed by atoms with Crippen molar-refractivity contribution in [2.24, 2.45) is 0 Å². The van der Waals surface area contributed by atoms with Crippen molar-refractivity contribution in [2.75, 3.05) is 0 Å². The van der Waals surface area contributed by atoms with Crippen LogP contribution in [0.4, 0.5) is 0 Å². The van der Waals surface area contributed by atoms with Crippen molar-refractivity contribution in [3.63, 3.8) is 0 Å². The molecular formula is C56H33N3O. The van der Waals surface area contributed by atoms with Crippen molar-refractivity contribution in [3.05, 3.63) is 205 Å². The van der Waals surface area contributed by atoms with Crippen LogP contribution < -0.4 is 0 Å². The second kappa shape index (κ2) is 12.4. The Labute approximate surface area is 345 Å². The summed E-state index contributed by atoms with van der Waals surface area (Å²) in [6.07, 6.45) is 0.887. The molecule has 1 aliphatic rings. The normalized spacial score (nSPS) is 12.2. The number of rotatable bonds is 4. The molecule has 3 aromatic heterocycles. The van der Waals surface area contributed by atoms with E-state index in [2.05, 4.69) is 185 Å². The summed E-state index contributed by atoms with van der Waals surface area (Å²) in [6, 6.07) is 69.5. The van der Waals surface area contributed by atoms with Gasteiger partial charge in [-0.25, -0.2) is 0 Å². The molecule has 12 aromatic rings. The Morgan fingerprint density at radius 1 is 0.450 bits per heavy atom. The maximum Gasteiger partial charge on any atom is 0.145 e. The highest BCUT2D eigenvalue weighted by Crippen LogP contribution is 2.47. The second-order valence-electron chi connectivity index (χ2n) is 15.9. The van der Waals surface area contributed by atoms with Gasteiger partial charge in [-0.05, 0) is 106 Å². The predicted octanol–water partition coefficient (Wildman–Crippen LogP) is 14.6. The molecule has 0 aliphatic heterocycles. The molecule has 0 fully saturated rings. The van der Waals surface area contributed by atoms with Gasteiger partial charge < -0.3 is 13.6 Å². The van der Waals surface area contributed by atoms with Crippen LogP contribution in [-0.4, -0.2) is 9.13 Å². The third-order valence-electron chi connectivity index (χ3n) is 12.8. The SMILES string of the molecule is N#Cc1cccc(-c2cccc(-n3c4ccc(-c5ccccc5)cc4c4c5oc6ccccc6c5ccc43)c2)c1-n1c2ccccc2c2c3c(ccc21)-c1ccccc1C3. The Bertz CT molecular complexity index is 3820. The van der Waals surface area contributed by atoms with Crippen LogP contribution in [-0.2, 0) is 6.42 Å². The van der Waals surface area contributed by atoms with Gasteiger partial charge in [-0.2, -0.15) is 5.26 Å². The highest BCUT2D eigenvalue weighted by Gasteiger charge is 2.26. The Kier molecular flexibility index (Phi) is 6.82. The number of furan rings is 1. The smallest absolute Gasteiger partial charge is 0.145 e. The minimum atomic E-state index is 0.627. The fraction of sp³-hybridized carbons (Fsp3) is 0.0179. The van der Waals surface area contributed by atoms with E-state index < -0.39 is 0 Å². The van der Waals surface area contributed by atoms with E-state index in [-0.39, 0.29) is 0 Å². The average Bonchev–Trinajstić information content (AvgIpc) is 4.06. The summed E-state index contributed by atoms with van der Waals surface area (Å²) >= 11 is 0. The molecule has 0 radical (unpaired) electrons. The lowest BCUT2D eigenvalue weighted by Crippen LogP contribution is -2.01. The van der Waals surface area contributed by atoms with Crippen molar-refractivity contribution in [2.45, 2.75) is 6.42 Å². The van der Waals surface area contributed by atoms with Gasteiger partial charge in [-0.3, -0.25) is 0 Å². The van der Waals surface area contributed by atoms with Gasteiger partial charge in [0.25, 0.3) is 0 Å². The van der Waals surface area contributed by atoms with Crippen molar-refractivity contribution in [1.82, 2.24) is 9.13 Å². The van der Waals surface area contributed by atoms with Crippen molar-refractivity contribution >= 4 is 65.6 Å². The third kappa shape index (κ3) is 4.55. The lowest BCUT2D eigenvalue weighted by atomic mass is 9.99. The zero-order valence-corrected chi connectivity index (χ0v) is 32.4. The van der Waals surface area contributed by atoms with Crippen LogP contribution in [0.1, 0.15) is 16.7 Å². The van der Waals surface area contributed by atoms with Gasteiger partial charge in [0, 0.05) is 38.2 Å². The summed E-state index contributed by atoms with van der Waals surface area (Å²) in [5.74, 6) is 0. The van der Waals surface area contributed by atoms with E-state index in [4.69, 9.17) is 4.42 Å². The molecule has 3 heterocycles. The van der Waals surface area contributed by atoms with Gasteiger partial charge >= 0.3 is 0 Å². The van der Waals surface area contributed by atoms with Crippen LogP contribution in [0, 0.1) is 11.3 Å². The third-order valence-corrected chi connectivity index (χ3v) is 12.8. The standard InChI is InChI=1S/C56H33N3O/c57-33-38-16-11-21-41(55(38)59-48-22-8-6-20-45(48)53-46-32-37-14-4-5-18-40(37)42(46)25-28-50(53)59)36-15-10-17-39(30-36)58-49-27-24-35(34-12-2-1-3-13-34)31-47(49)54-51(58)29-26-44-43-19-7-9-23-52(43)60-56(44)54/h1-31H,32H2. The molecule has 0 atom stereocenters. The van der Waals surface area contributed by atoms with Crippen LogP contribution >= 0.6 is 0 Å². The summed E-state index contributed by atoms with van der Waals surface area (Å²) in [6.45, 7) is 0. The minimum absolute atomic E-state index is 0.627. The molecule has 4 heteroatoms. The number of nitrogens with zero attached hydrogens (tertiary/aromatic N) is 3. The first-order valence-electron chi connectivity index (χ1n) is 20.4. The highest BCUT2D eigenvalue weighted by atomic mass is 16.3. The molecule has 9 aromatic carbocycles. The fourth-order valence-electron chi connectivity index (χ4n) is 10.2. The van der Waals surface area contributed by atoms with Crippen molar-refractivity contribution in [1.29, 1.82) is 5.26 Å². The molecule has 60 heavy (non-hydrogen) atoms. The molecule has 0 N–H and O–H groups in total. The highest BCUT2D eigenvalue weighted by molar-refractivity contribution is 6.24. The van der Waals surface area contributed by atoms with Gasteiger partial charge in [0.2, 0.25) is 0 Å². The molecule has 0 saturated carbocycles. The Morgan fingerprint density at radius 2 is 1.17 bits per heavy atom. The minimum Gasteiger partial charge on any atom is -0.455 e. The maximum atomic E-state index is 10.8.